The van der Waals surface area contributed by atoms with Crippen LogP contribution in [0.1, 0.15) is 12.5 Å². The lowest BCUT2D eigenvalue weighted by atomic mass is 10.2. The van der Waals surface area contributed by atoms with Crippen LogP contribution in [0, 0.1) is 0 Å². The second kappa shape index (κ2) is 5.92. The highest BCUT2D eigenvalue weighted by Gasteiger charge is 2.31. The largest absolute Gasteiger partial charge is 0.339 e. The molecule has 1 aromatic rings. The molecule has 1 N–H and O–H groups in total. The van der Waals surface area contributed by atoms with Gasteiger partial charge in [-0.05, 0) is 19.1 Å². The zero-order chi connectivity index (χ0) is 15.7. The number of thioether (sulfide) groups is 1. The number of amidine groups is 1. The van der Waals surface area contributed by atoms with Crippen molar-refractivity contribution in [2.75, 3.05) is 24.6 Å². The SMILES string of the molecule is C[C@H](N=C1NS(=O)(=O)c2ccccc21)C(=O)N1CCSCC1. The number of sulfonamides is 1. The number of benzene rings is 1. The number of aliphatic imine (C=N–C) groups is 1. The maximum atomic E-state index is 12.4. The molecule has 0 aliphatic carbocycles. The van der Waals surface area contributed by atoms with Crippen LogP contribution >= 0.6 is 11.8 Å². The molecule has 0 spiro atoms. The molecule has 1 amide bonds. The van der Waals surface area contributed by atoms with Gasteiger partial charge < -0.3 is 4.90 Å². The van der Waals surface area contributed by atoms with Crippen LogP contribution in [0.2, 0.25) is 0 Å². The highest BCUT2D eigenvalue weighted by molar-refractivity contribution is 7.99. The Morgan fingerprint density at radius 3 is 2.73 bits per heavy atom. The molecule has 0 unspecified atom stereocenters. The Hall–Kier alpha value is -1.54. The van der Waals surface area contributed by atoms with Gasteiger partial charge in [-0.2, -0.15) is 11.8 Å². The van der Waals surface area contributed by atoms with Gasteiger partial charge in [-0.3, -0.25) is 14.5 Å². The van der Waals surface area contributed by atoms with Gasteiger partial charge in [0, 0.05) is 30.2 Å². The number of amides is 1. The maximum Gasteiger partial charge on any atom is 0.263 e. The van der Waals surface area contributed by atoms with Crippen molar-refractivity contribution in [1.29, 1.82) is 0 Å². The molecule has 0 aromatic heterocycles. The van der Waals surface area contributed by atoms with E-state index in [9.17, 15) is 13.2 Å². The van der Waals surface area contributed by atoms with Gasteiger partial charge in [-0.1, -0.05) is 12.1 Å². The number of nitrogens with zero attached hydrogens (tertiary/aromatic N) is 2. The Labute approximate surface area is 134 Å². The lowest BCUT2D eigenvalue weighted by Gasteiger charge is -2.27. The maximum absolute atomic E-state index is 12.4. The zero-order valence-electron chi connectivity index (χ0n) is 12.2. The molecular formula is C14H17N3O3S2. The summed E-state index contributed by atoms with van der Waals surface area (Å²) in [5, 5.41) is 0. The van der Waals surface area contributed by atoms with Crippen LogP contribution in [0.15, 0.2) is 34.2 Å². The van der Waals surface area contributed by atoms with Crippen LogP contribution in [0.25, 0.3) is 0 Å². The van der Waals surface area contributed by atoms with Gasteiger partial charge in [0.1, 0.15) is 11.9 Å². The summed E-state index contributed by atoms with van der Waals surface area (Å²) in [6.45, 7) is 3.15. The average molecular weight is 339 g/mol. The van der Waals surface area contributed by atoms with Crippen molar-refractivity contribution in [2.45, 2.75) is 17.9 Å². The van der Waals surface area contributed by atoms with Crippen LogP contribution in [0.3, 0.4) is 0 Å². The highest BCUT2D eigenvalue weighted by atomic mass is 32.2. The van der Waals surface area contributed by atoms with Crippen LogP contribution in [0.4, 0.5) is 0 Å². The molecule has 22 heavy (non-hydrogen) atoms. The molecule has 8 heteroatoms. The summed E-state index contributed by atoms with van der Waals surface area (Å²) >= 11 is 1.83. The minimum Gasteiger partial charge on any atom is -0.339 e. The zero-order valence-corrected chi connectivity index (χ0v) is 13.8. The van der Waals surface area contributed by atoms with Gasteiger partial charge in [-0.15, -0.1) is 0 Å². The Balaban J connectivity index is 1.85. The van der Waals surface area contributed by atoms with E-state index in [1.165, 1.54) is 6.07 Å². The molecule has 3 rings (SSSR count). The van der Waals surface area contributed by atoms with Crippen LogP contribution in [0.5, 0.6) is 0 Å². The predicted octanol–water partition coefficient (Wildman–Crippen LogP) is 0.689. The smallest absolute Gasteiger partial charge is 0.263 e. The summed E-state index contributed by atoms with van der Waals surface area (Å²) in [5.41, 5.74) is 0.524. The Kier molecular flexibility index (Phi) is 4.14. The van der Waals surface area contributed by atoms with Crippen molar-refractivity contribution < 1.29 is 13.2 Å². The fraction of sp³-hybridized carbons (Fsp3) is 0.429. The number of rotatable bonds is 2. The molecule has 118 valence electrons. The summed E-state index contributed by atoms with van der Waals surface area (Å²) in [7, 11) is -3.56. The normalized spacial score (nSPS) is 23.0. The predicted molar refractivity (Wildman–Crippen MR) is 86.7 cm³/mol. The van der Waals surface area contributed by atoms with E-state index in [0.717, 1.165) is 24.6 Å². The average Bonchev–Trinajstić information content (AvgIpc) is 2.79. The minimum absolute atomic E-state index is 0.0589. The number of nitrogens with one attached hydrogen (secondary N) is 1. The summed E-state index contributed by atoms with van der Waals surface area (Å²) in [4.78, 5) is 18.7. The minimum atomic E-state index is -3.56. The third-order valence-corrected chi connectivity index (χ3v) is 6.01. The molecule has 1 fully saturated rings. The number of hydrogen-bond donors (Lipinski definition) is 1. The molecule has 2 aliphatic rings. The monoisotopic (exact) mass is 339 g/mol. The Morgan fingerprint density at radius 2 is 2.00 bits per heavy atom. The Bertz CT molecular complexity index is 725. The van der Waals surface area contributed by atoms with Gasteiger partial charge in [0.05, 0.1) is 4.90 Å². The molecule has 2 aliphatic heterocycles. The quantitative estimate of drug-likeness (QED) is 0.860. The third-order valence-electron chi connectivity index (χ3n) is 3.67. The number of carbonyl (C=O) groups excluding carboxylic acids is 1. The molecule has 0 radical (unpaired) electrons. The van der Waals surface area contributed by atoms with Crippen molar-refractivity contribution >= 4 is 33.5 Å². The van der Waals surface area contributed by atoms with E-state index < -0.39 is 16.1 Å². The van der Waals surface area contributed by atoms with Crippen LogP contribution in [-0.2, 0) is 14.8 Å². The van der Waals surface area contributed by atoms with Crippen molar-refractivity contribution in [3.63, 3.8) is 0 Å². The summed E-state index contributed by atoms with van der Waals surface area (Å²) in [6, 6.07) is 6.05. The fourth-order valence-electron chi connectivity index (χ4n) is 2.53. The van der Waals surface area contributed by atoms with Crippen molar-refractivity contribution in [3.8, 4) is 0 Å². The molecule has 0 saturated carbocycles. The number of hydrogen-bond acceptors (Lipinski definition) is 5. The number of fused-ring (bicyclic) bond motifs is 1. The topological polar surface area (TPSA) is 78.8 Å². The summed E-state index contributed by atoms with van der Waals surface area (Å²) in [6.07, 6.45) is 0. The van der Waals surface area contributed by atoms with Crippen molar-refractivity contribution in [2.24, 2.45) is 4.99 Å². The van der Waals surface area contributed by atoms with Crippen LogP contribution in [-0.4, -0.2) is 55.7 Å². The van der Waals surface area contributed by atoms with Crippen molar-refractivity contribution in [1.82, 2.24) is 9.62 Å². The van der Waals surface area contributed by atoms with E-state index in [1.54, 1.807) is 30.0 Å². The van der Waals surface area contributed by atoms with E-state index in [1.807, 2.05) is 11.8 Å². The van der Waals surface area contributed by atoms with Crippen molar-refractivity contribution in [3.05, 3.63) is 29.8 Å². The van der Waals surface area contributed by atoms with E-state index in [4.69, 9.17) is 0 Å². The first-order valence-electron chi connectivity index (χ1n) is 7.05. The van der Waals surface area contributed by atoms with Gasteiger partial charge in [-0.25, -0.2) is 8.42 Å². The highest BCUT2D eigenvalue weighted by Crippen LogP contribution is 2.22. The molecule has 1 atom stereocenters. The molecule has 2 heterocycles. The second-order valence-corrected chi connectivity index (χ2v) is 8.07. The lowest BCUT2D eigenvalue weighted by molar-refractivity contribution is -0.131. The second-order valence-electron chi connectivity index (χ2n) is 5.19. The molecule has 1 saturated heterocycles. The first kappa shape index (κ1) is 15.4. The van der Waals surface area contributed by atoms with Gasteiger partial charge in [0.25, 0.3) is 10.0 Å². The van der Waals surface area contributed by atoms with Gasteiger partial charge in [0.15, 0.2) is 0 Å². The van der Waals surface area contributed by atoms with E-state index in [0.29, 0.717) is 5.56 Å². The number of carbonyl (C=O) groups is 1. The lowest BCUT2D eigenvalue weighted by Crippen LogP contribution is -2.42. The van der Waals surface area contributed by atoms with E-state index in [-0.39, 0.29) is 16.6 Å². The fourth-order valence-corrected chi connectivity index (χ4v) is 4.67. The summed E-state index contributed by atoms with van der Waals surface area (Å²) in [5.74, 6) is 2.06. The van der Waals surface area contributed by atoms with E-state index in [2.05, 4.69) is 9.71 Å². The van der Waals surface area contributed by atoms with Gasteiger partial charge >= 0.3 is 0 Å². The molecule has 1 aromatic carbocycles. The standard InChI is InChI=1S/C14H17N3O3S2/c1-10(14(18)17-6-8-21-9-7-17)15-13-11-4-2-3-5-12(11)22(19,20)16-13/h2-5,10H,6-9H2,1H3,(H,15,16)/t10-/m0/s1. The van der Waals surface area contributed by atoms with E-state index >= 15 is 0 Å². The van der Waals surface area contributed by atoms with Crippen LogP contribution < -0.4 is 4.72 Å². The molecular weight excluding hydrogens is 322 g/mol. The summed E-state index contributed by atoms with van der Waals surface area (Å²) < 4.78 is 26.5. The first-order valence-corrected chi connectivity index (χ1v) is 9.69. The third kappa shape index (κ3) is 2.85. The Morgan fingerprint density at radius 1 is 1.32 bits per heavy atom. The molecule has 6 nitrogen and oxygen atoms in total. The first-order chi connectivity index (χ1) is 10.5. The molecule has 0 bridgehead atoms. The van der Waals surface area contributed by atoms with Gasteiger partial charge in [0.2, 0.25) is 5.91 Å².